The highest BCUT2D eigenvalue weighted by atomic mass is 32.2. The van der Waals surface area contributed by atoms with Crippen molar-refractivity contribution in [3.05, 3.63) is 0 Å². The summed E-state index contributed by atoms with van der Waals surface area (Å²) in [5, 5.41) is 14.5. The van der Waals surface area contributed by atoms with Gasteiger partial charge in [0, 0.05) is 24.4 Å². The van der Waals surface area contributed by atoms with E-state index < -0.39 is 0 Å². The maximum atomic E-state index is 11.5. The van der Waals surface area contributed by atoms with Crippen LogP contribution in [-0.4, -0.2) is 41.3 Å². The summed E-state index contributed by atoms with van der Waals surface area (Å²) in [5.74, 6) is 2.22. The van der Waals surface area contributed by atoms with Crippen LogP contribution in [0.3, 0.4) is 0 Å². The number of hydrogen-bond acceptors (Lipinski definition) is 3. The Labute approximate surface area is 95.2 Å². The van der Waals surface area contributed by atoms with Crippen LogP contribution in [0, 0.1) is 0 Å². The minimum atomic E-state index is -0.108. The van der Waals surface area contributed by atoms with Crippen molar-refractivity contribution in [2.24, 2.45) is 0 Å². The summed E-state index contributed by atoms with van der Waals surface area (Å²) in [6.45, 7) is 2.01. The van der Waals surface area contributed by atoms with Gasteiger partial charge < -0.3 is 15.7 Å². The van der Waals surface area contributed by atoms with E-state index in [0.717, 1.165) is 12.2 Å². The predicted molar refractivity (Wildman–Crippen MR) is 63.2 cm³/mol. The van der Waals surface area contributed by atoms with E-state index in [1.54, 1.807) is 0 Å². The monoisotopic (exact) mass is 232 g/mol. The zero-order valence-corrected chi connectivity index (χ0v) is 9.98. The maximum Gasteiger partial charge on any atom is 0.315 e. The molecule has 0 bridgehead atoms. The van der Waals surface area contributed by atoms with Crippen LogP contribution in [0.15, 0.2) is 0 Å². The van der Waals surface area contributed by atoms with Gasteiger partial charge in [-0.2, -0.15) is 11.8 Å². The van der Waals surface area contributed by atoms with Gasteiger partial charge in [0.25, 0.3) is 0 Å². The van der Waals surface area contributed by atoms with Crippen LogP contribution in [0.2, 0.25) is 0 Å². The summed E-state index contributed by atoms with van der Waals surface area (Å²) in [7, 11) is 0. The number of nitrogens with one attached hydrogen (secondary N) is 2. The molecule has 0 radical (unpaired) electrons. The normalized spacial score (nSPS) is 23.2. The lowest BCUT2D eigenvalue weighted by molar-refractivity contribution is 0.227. The number of aliphatic hydroxyl groups excluding tert-OH is 1. The third-order valence-electron chi connectivity index (χ3n) is 2.44. The van der Waals surface area contributed by atoms with Crippen LogP contribution in [0.1, 0.15) is 26.2 Å². The van der Waals surface area contributed by atoms with Gasteiger partial charge in [-0.15, -0.1) is 0 Å². The molecule has 0 saturated carbocycles. The summed E-state index contributed by atoms with van der Waals surface area (Å²) in [4.78, 5) is 11.5. The van der Waals surface area contributed by atoms with Crippen LogP contribution in [0.25, 0.3) is 0 Å². The predicted octanol–water partition coefficient (Wildman–Crippen LogP) is 0.952. The number of carbonyl (C=O) groups excluding carboxylic acids is 1. The van der Waals surface area contributed by atoms with Gasteiger partial charge in [0.05, 0.1) is 0 Å². The van der Waals surface area contributed by atoms with E-state index in [1.165, 1.54) is 12.2 Å². The lowest BCUT2D eigenvalue weighted by Gasteiger charge is -2.23. The minimum absolute atomic E-state index is 0.0336. The van der Waals surface area contributed by atoms with Gasteiger partial charge >= 0.3 is 6.03 Å². The molecule has 1 saturated heterocycles. The van der Waals surface area contributed by atoms with Crippen LogP contribution in [0.4, 0.5) is 4.79 Å². The van der Waals surface area contributed by atoms with Crippen LogP contribution in [0.5, 0.6) is 0 Å². The van der Waals surface area contributed by atoms with Crippen molar-refractivity contribution in [1.29, 1.82) is 0 Å². The molecule has 1 fully saturated rings. The van der Waals surface area contributed by atoms with E-state index >= 15 is 0 Å². The van der Waals surface area contributed by atoms with Gasteiger partial charge in [-0.25, -0.2) is 4.79 Å². The fourth-order valence-electron chi connectivity index (χ4n) is 1.57. The minimum Gasteiger partial charge on any atom is -0.396 e. The number of thioether (sulfide) groups is 1. The molecule has 4 nitrogen and oxygen atoms in total. The molecule has 1 heterocycles. The lowest BCUT2D eigenvalue weighted by atomic mass is 10.2. The van der Waals surface area contributed by atoms with Gasteiger partial charge in [-0.1, -0.05) is 0 Å². The molecule has 1 aliphatic rings. The molecular weight excluding hydrogens is 212 g/mol. The van der Waals surface area contributed by atoms with Crippen LogP contribution >= 0.6 is 11.8 Å². The standard InChI is InChI=1S/C10H20N2O2S/c1-8(4-5-13)11-10(14)12-9-3-2-6-15-7-9/h8-9,13H,2-7H2,1H3,(H2,11,12,14)/t8-,9?/m1/s1. The fourth-order valence-corrected chi connectivity index (χ4v) is 2.64. The Morgan fingerprint density at radius 3 is 3.07 bits per heavy atom. The molecule has 15 heavy (non-hydrogen) atoms. The Morgan fingerprint density at radius 1 is 1.67 bits per heavy atom. The fraction of sp³-hybridized carbons (Fsp3) is 0.900. The molecule has 0 aliphatic carbocycles. The highest BCUT2D eigenvalue weighted by Gasteiger charge is 2.16. The molecule has 2 atom stereocenters. The highest BCUT2D eigenvalue weighted by Crippen LogP contribution is 2.16. The quantitative estimate of drug-likeness (QED) is 0.676. The second-order valence-corrected chi connectivity index (χ2v) is 5.10. The van der Waals surface area contributed by atoms with Gasteiger partial charge in [0.2, 0.25) is 0 Å². The first-order valence-electron chi connectivity index (χ1n) is 5.48. The van der Waals surface area contributed by atoms with E-state index in [9.17, 15) is 4.79 Å². The van der Waals surface area contributed by atoms with E-state index in [0.29, 0.717) is 12.5 Å². The first-order chi connectivity index (χ1) is 7.22. The van der Waals surface area contributed by atoms with E-state index in [4.69, 9.17) is 5.11 Å². The van der Waals surface area contributed by atoms with Gasteiger partial charge in [-0.05, 0) is 31.9 Å². The molecule has 5 heteroatoms. The zero-order valence-electron chi connectivity index (χ0n) is 9.16. The molecule has 0 aromatic carbocycles. The SMILES string of the molecule is C[C@H](CCO)NC(=O)NC1CCCSC1. The maximum absolute atomic E-state index is 11.5. The molecule has 0 aromatic heterocycles. The molecule has 0 spiro atoms. The Hall–Kier alpha value is -0.420. The summed E-state index contributed by atoms with van der Waals surface area (Å²) in [5.41, 5.74) is 0. The molecular formula is C10H20N2O2S. The Balaban J connectivity index is 2.16. The number of aliphatic hydroxyl groups is 1. The second-order valence-electron chi connectivity index (χ2n) is 3.95. The zero-order chi connectivity index (χ0) is 11.1. The molecule has 88 valence electrons. The summed E-state index contributed by atoms with van der Waals surface area (Å²) >= 11 is 1.89. The van der Waals surface area contributed by atoms with E-state index in [2.05, 4.69) is 10.6 Å². The average molecular weight is 232 g/mol. The summed E-state index contributed by atoms with van der Waals surface area (Å²) in [6.07, 6.45) is 2.86. The average Bonchev–Trinajstić information content (AvgIpc) is 2.19. The van der Waals surface area contributed by atoms with Crippen molar-refractivity contribution in [2.75, 3.05) is 18.1 Å². The Kier molecular flexibility index (Phi) is 5.86. The van der Waals surface area contributed by atoms with Crippen molar-refractivity contribution >= 4 is 17.8 Å². The van der Waals surface area contributed by atoms with Gasteiger partial charge in [0.1, 0.15) is 0 Å². The second kappa shape index (κ2) is 6.95. The first kappa shape index (κ1) is 12.6. The van der Waals surface area contributed by atoms with Crippen molar-refractivity contribution in [3.63, 3.8) is 0 Å². The highest BCUT2D eigenvalue weighted by molar-refractivity contribution is 7.99. The van der Waals surface area contributed by atoms with Crippen molar-refractivity contribution in [2.45, 2.75) is 38.3 Å². The number of carbonyl (C=O) groups is 1. The summed E-state index contributed by atoms with van der Waals surface area (Å²) in [6, 6.07) is 0.236. The lowest BCUT2D eigenvalue weighted by Crippen LogP contribution is -2.47. The third kappa shape index (κ3) is 5.28. The van der Waals surface area contributed by atoms with Crippen molar-refractivity contribution in [1.82, 2.24) is 10.6 Å². The van der Waals surface area contributed by atoms with E-state index in [-0.39, 0.29) is 18.7 Å². The van der Waals surface area contributed by atoms with Gasteiger partial charge in [0.15, 0.2) is 0 Å². The third-order valence-corrected chi connectivity index (χ3v) is 3.65. The molecule has 3 N–H and O–H groups in total. The van der Waals surface area contributed by atoms with Crippen molar-refractivity contribution in [3.8, 4) is 0 Å². The van der Waals surface area contributed by atoms with Crippen LogP contribution < -0.4 is 10.6 Å². The molecule has 1 aliphatic heterocycles. The Bertz CT molecular complexity index is 196. The van der Waals surface area contributed by atoms with Crippen molar-refractivity contribution < 1.29 is 9.90 Å². The van der Waals surface area contributed by atoms with Crippen LogP contribution in [-0.2, 0) is 0 Å². The first-order valence-corrected chi connectivity index (χ1v) is 6.63. The number of hydrogen-bond donors (Lipinski definition) is 3. The smallest absolute Gasteiger partial charge is 0.315 e. The molecule has 1 rings (SSSR count). The number of rotatable bonds is 4. The van der Waals surface area contributed by atoms with Gasteiger partial charge in [-0.3, -0.25) is 0 Å². The molecule has 1 unspecified atom stereocenters. The number of urea groups is 1. The largest absolute Gasteiger partial charge is 0.396 e. The Morgan fingerprint density at radius 2 is 2.47 bits per heavy atom. The summed E-state index contributed by atoms with van der Waals surface area (Å²) < 4.78 is 0. The molecule has 0 aromatic rings. The van der Waals surface area contributed by atoms with E-state index in [1.807, 2.05) is 18.7 Å². The molecule has 2 amide bonds. The topological polar surface area (TPSA) is 61.4 Å². The number of amides is 2.